The Morgan fingerprint density at radius 2 is 2.19 bits per heavy atom. The number of anilines is 1. The molecule has 2 heterocycles. The summed E-state index contributed by atoms with van der Waals surface area (Å²) in [4.78, 5) is 21.6. The summed E-state index contributed by atoms with van der Waals surface area (Å²) in [6.07, 6.45) is 2.33. The molecule has 1 aromatic rings. The van der Waals surface area contributed by atoms with Gasteiger partial charge in [-0.3, -0.25) is 4.79 Å². The molecule has 118 valence electrons. The van der Waals surface area contributed by atoms with Gasteiger partial charge in [0.05, 0.1) is 0 Å². The van der Waals surface area contributed by atoms with Crippen molar-refractivity contribution in [3.05, 3.63) is 22.2 Å². The van der Waals surface area contributed by atoms with Crippen LogP contribution in [0.25, 0.3) is 0 Å². The SMILES string of the molecule is CC(C)CNCC1CCCN1c1cc(=O)[nH]c(C(C)C)n1. The van der Waals surface area contributed by atoms with Crippen LogP contribution in [0.15, 0.2) is 10.9 Å². The lowest BCUT2D eigenvalue weighted by Crippen LogP contribution is -2.40. The minimum atomic E-state index is -0.0514. The summed E-state index contributed by atoms with van der Waals surface area (Å²) < 4.78 is 0. The summed E-state index contributed by atoms with van der Waals surface area (Å²) in [6, 6.07) is 2.07. The molecule has 0 amide bonds. The summed E-state index contributed by atoms with van der Waals surface area (Å²) in [6.45, 7) is 11.5. The number of H-pyrrole nitrogens is 1. The van der Waals surface area contributed by atoms with Gasteiger partial charge in [0.2, 0.25) is 0 Å². The quantitative estimate of drug-likeness (QED) is 0.843. The first-order chi connectivity index (χ1) is 9.97. The van der Waals surface area contributed by atoms with Crippen molar-refractivity contribution in [1.82, 2.24) is 15.3 Å². The van der Waals surface area contributed by atoms with Crippen molar-refractivity contribution in [2.24, 2.45) is 5.92 Å². The van der Waals surface area contributed by atoms with E-state index in [2.05, 4.69) is 34.0 Å². The van der Waals surface area contributed by atoms with Crippen LogP contribution in [0.1, 0.15) is 52.3 Å². The molecule has 0 spiro atoms. The Morgan fingerprint density at radius 1 is 1.43 bits per heavy atom. The molecule has 1 unspecified atom stereocenters. The second-order valence-electron chi connectivity index (χ2n) is 6.69. The highest BCUT2D eigenvalue weighted by Gasteiger charge is 2.26. The van der Waals surface area contributed by atoms with E-state index in [0.717, 1.165) is 37.7 Å². The third-order valence-electron chi connectivity index (χ3n) is 3.90. The highest BCUT2D eigenvalue weighted by atomic mass is 16.1. The van der Waals surface area contributed by atoms with Gasteiger partial charge in [-0.1, -0.05) is 27.7 Å². The average molecular weight is 292 g/mol. The summed E-state index contributed by atoms with van der Waals surface area (Å²) >= 11 is 0. The molecule has 1 aliphatic rings. The third kappa shape index (κ3) is 4.30. The molecule has 0 aliphatic carbocycles. The molecule has 1 aliphatic heterocycles. The van der Waals surface area contributed by atoms with Crippen molar-refractivity contribution >= 4 is 5.82 Å². The monoisotopic (exact) mass is 292 g/mol. The second kappa shape index (κ2) is 7.07. The summed E-state index contributed by atoms with van der Waals surface area (Å²) in [5, 5.41) is 3.52. The molecule has 2 N–H and O–H groups in total. The van der Waals surface area contributed by atoms with Crippen LogP contribution in [0.4, 0.5) is 5.82 Å². The van der Waals surface area contributed by atoms with E-state index in [0.29, 0.717) is 12.0 Å². The summed E-state index contributed by atoms with van der Waals surface area (Å²) in [5.41, 5.74) is -0.0514. The highest BCUT2D eigenvalue weighted by Crippen LogP contribution is 2.23. The zero-order valence-corrected chi connectivity index (χ0v) is 13.6. The molecule has 5 heteroatoms. The molecular weight excluding hydrogens is 264 g/mol. The van der Waals surface area contributed by atoms with Gasteiger partial charge >= 0.3 is 0 Å². The number of hydrogen-bond donors (Lipinski definition) is 2. The van der Waals surface area contributed by atoms with E-state index in [1.54, 1.807) is 6.07 Å². The molecule has 0 saturated carbocycles. The molecular formula is C16H28N4O. The van der Waals surface area contributed by atoms with Gasteiger partial charge in [-0.25, -0.2) is 4.98 Å². The van der Waals surface area contributed by atoms with Crippen LogP contribution in [0.5, 0.6) is 0 Å². The number of hydrogen-bond acceptors (Lipinski definition) is 4. The third-order valence-corrected chi connectivity index (χ3v) is 3.90. The van der Waals surface area contributed by atoms with Crippen LogP contribution in [-0.4, -0.2) is 35.6 Å². The van der Waals surface area contributed by atoms with Crippen LogP contribution >= 0.6 is 0 Å². The maximum Gasteiger partial charge on any atom is 0.252 e. The Bertz CT molecular complexity index is 509. The topological polar surface area (TPSA) is 61.0 Å². The number of nitrogens with one attached hydrogen (secondary N) is 2. The van der Waals surface area contributed by atoms with E-state index in [4.69, 9.17) is 0 Å². The Hall–Kier alpha value is -1.36. The fourth-order valence-electron chi connectivity index (χ4n) is 2.77. The van der Waals surface area contributed by atoms with Crippen LogP contribution in [0.3, 0.4) is 0 Å². The first-order valence-electron chi connectivity index (χ1n) is 8.06. The van der Waals surface area contributed by atoms with Crippen molar-refractivity contribution in [3.8, 4) is 0 Å². The fraction of sp³-hybridized carbons (Fsp3) is 0.750. The van der Waals surface area contributed by atoms with E-state index in [-0.39, 0.29) is 11.5 Å². The van der Waals surface area contributed by atoms with Crippen molar-refractivity contribution in [1.29, 1.82) is 0 Å². The molecule has 21 heavy (non-hydrogen) atoms. The Kier molecular flexibility index (Phi) is 5.39. The molecule has 5 nitrogen and oxygen atoms in total. The number of aromatic nitrogens is 2. The molecule has 1 atom stereocenters. The van der Waals surface area contributed by atoms with Gasteiger partial charge in [0.25, 0.3) is 5.56 Å². The van der Waals surface area contributed by atoms with Crippen LogP contribution in [0, 0.1) is 5.92 Å². The highest BCUT2D eigenvalue weighted by molar-refractivity contribution is 5.40. The summed E-state index contributed by atoms with van der Waals surface area (Å²) in [5.74, 6) is 2.50. The van der Waals surface area contributed by atoms with E-state index in [1.165, 1.54) is 6.42 Å². The molecule has 1 fully saturated rings. The largest absolute Gasteiger partial charge is 0.352 e. The maximum absolute atomic E-state index is 11.8. The molecule has 0 aromatic carbocycles. The zero-order valence-electron chi connectivity index (χ0n) is 13.6. The normalized spacial score (nSPS) is 19.0. The predicted molar refractivity (Wildman–Crippen MR) is 87.0 cm³/mol. The number of rotatable bonds is 6. The fourth-order valence-corrected chi connectivity index (χ4v) is 2.77. The van der Waals surface area contributed by atoms with Crippen molar-refractivity contribution in [3.63, 3.8) is 0 Å². The lowest BCUT2D eigenvalue weighted by atomic mass is 10.2. The standard InChI is InChI=1S/C16H28N4O/c1-11(2)9-17-10-13-6-5-7-20(13)14-8-15(21)19-16(18-14)12(3)4/h8,11-13,17H,5-7,9-10H2,1-4H3,(H,18,19,21). The number of aromatic amines is 1. The van der Waals surface area contributed by atoms with Gasteiger partial charge in [-0.15, -0.1) is 0 Å². The lowest BCUT2D eigenvalue weighted by molar-refractivity contribution is 0.510. The predicted octanol–water partition coefficient (Wildman–Crippen LogP) is 2.11. The Balaban J connectivity index is 2.10. The Labute approximate surface area is 127 Å². The van der Waals surface area contributed by atoms with E-state index in [1.807, 2.05) is 13.8 Å². The van der Waals surface area contributed by atoms with Gasteiger partial charge in [-0.05, 0) is 25.3 Å². The minimum Gasteiger partial charge on any atom is -0.352 e. The van der Waals surface area contributed by atoms with E-state index in [9.17, 15) is 4.79 Å². The molecule has 1 saturated heterocycles. The minimum absolute atomic E-state index is 0.0514. The van der Waals surface area contributed by atoms with Gasteiger partial charge in [-0.2, -0.15) is 0 Å². The molecule has 2 rings (SSSR count). The van der Waals surface area contributed by atoms with Crippen molar-refractivity contribution in [2.45, 2.75) is 52.5 Å². The van der Waals surface area contributed by atoms with Crippen molar-refractivity contribution in [2.75, 3.05) is 24.5 Å². The molecule has 1 aromatic heterocycles. The van der Waals surface area contributed by atoms with Crippen LogP contribution in [0.2, 0.25) is 0 Å². The number of nitrogens with zero attached hydrogens (tertiary/aromatic N) is 2. The van der Waals surface area contributed by atoms with Crippen LogP contribution < -0.4 is 15.8 Å². The van der Waals surface area contributed by atoms with Gasteiger partial charge in [0.15, 0.2) is 0 Å². The first kappa shape index (κ1) is 16.0. The van der Waals surface area contributed by atoms with E-state index >= 15 is 0 Å². The summed E-state index contributed by atoms with van der Waals surface area (Å²) in [7, 11) is 0. The van der Waals surface area contributed by atoms with Crippen molar-refractivity contribution < 1.29 is 0 Å². The smallest absolute Gasteiger partial charge is 0.252 e. The van der Waals surface area contributed by atoms with Gasteiger partial charge in [0.1, 0.15) is 11.6 Å². The van der Waals surface area contributed by atoms with Crippen LogP contribution in [-0.2, 0) is 0 Å². The maximum atomic E-state index is 11.8. The average Bonchev–Trinajstić information content (AvgIpc) is 2.86. The second-order valence-corrected chi connectivity index (χ2v) is 6.69. The van der Waals surface area contributed by atoms with Gasteiger partial charge < -0.3 is 15.2 Å². The molecule has 0 bridgehead atoms. The lowest BCUT2D eigenvalue weighted by Gasteiger charge is -2.26. The first-order valence-corrected chi connectivity index (χ1v) is 8.06. The van der Waals surface area contributed by atoms with Gasteiger partial charge in [0, 0.05) is 31.1 Å². The molecule has 0 radical (unpaired) electrons. The zero-order chi connectivity index (χ0) is 15.4. The van der Waals surface area contributed by atoms with E-state index < -0.39 is 0 Å². The Morgan fingerprint density at radius 3 is 2.86 bits per heavy atom.